The summed E-state index contributed by atoms with van der Waals surface area (Å²) in [5.74, 6) is -1.70. The number of ether oxygens (including phenoxy) is 7. The minimum absolute atomic E-state index is 0.0731. The monoisotopic (exact) mass is 422 g/mol. The molecule has 4 heterocycles. The predicted octanol–water partition coefficient (Wildman–Crippen LogP) is -1.80. The van der Waals surface area contributed by atoms with Crippen molar-refractivity contribution < 1.29 is 53.6 Å². The number of hydrogen-bond donors (Lipinski definition) is 4. The second kappa shape index (κ2) is 7.61. The van der Waals surface area contributed by atoms with E-state index >= 15 is 0 Å². The van der Waals surface area contributed by atoms with Crippen molar-refractivity contribution in [3.63, 3.8) is 0 Å². The zero-order valence-electron chi connectivity index (χ0n) is 16.8. The van der Waals surface area contributed by atoms with Gasteiger partial charge in [-0.15, -0.1) is 0 Å². The van der Waals surface area contributed by atoms with Crippen LogP contribution in [0, 0.1) is 0 Å². The summed E-state index contributed by atoms with van der Waals surface area (Å²) < 4.78 is 40.8. The molecule has 0 radical (unpaired) electrons. The van der Waals surface area contributed by atoms with E-state index in [2.05, 4.69) is 0 Å². The Hall–Kier alpha value is -0.440. The molecule has 0 amide bonds. The smallest absolute Gasteiger partial charge is 0.190 e. The summed E-state index contributed by atoms with van der Waals surface area (Å²) in [6.45, 7) is 6.53. The third-order valence-electron chi connectivity index (χ3n) is 5.52. The lowest BCUT2D eigenvalue weighted by Crippen LogP contribution is -2.60. The minimum Gasteiger partial charge on any atom is -0.394 e. The molecule has 4 aliphatic heterocycles. The van der Waals surface area contributed by atoms with Crippen LogP contribution in [0.4, 0.5) is 0 Å². The van der Waals surface area contributed by atoms with E-state index in [9.17, 15) is 20.4 Å². The van der Waals surface area contributed by atoms with E-state index in [1.54, 1.807) is 27.7 Å². The Morgan fingerprint density at radius 3 is 2.03 bits per heavy atom. The van der Waals surface area contributed by atoms with Gasteiger partial charge in [-0.3, -0.25) is 0 Å². The third kappa shape index (κ3) is 4.06. The third-order valence-corrected chi connectivity index (χ3v) is 5.52. The SMILES string of the molecule is CC1(C)O[C@@H]2O[C@@H](CO[C@H]3O[C@H](CO)[C@@H](O)[C@H](O)[C@@H]3O)[C@H]3OC(C)(C)O[C@H]3[C@@H]2O1. The molecule has 4 N–H and O–H groups in total. The summed E-state index contributed by atoms with van der Waals surface area (Å²) in [6.07, 6.45) is -9.56. The maximum atomic E-state index is 10.2. The molecule has 0 aromatic carbocycles. The number of aliphatic hydroxyl groups excluding tert-OH is 4. The van der Waals surface area contributed by atoms with E-state index in [0.29, 0.717) is 0 Å². The summed E-state index contributed by atoms with van der Waals surface area (Å²) >= 11 is 0. The lowest BCUT2D eigenvalue weighted by molar-refractivity contribution is -0.315. The van der Waals surface area contributed by atoms with Crippen molar-refractivity contribution in [2.24, 2.45) is 0 Å². The van der Waals surface area contributed by atoms with Gasteiger partial charge in [-0.25, -0.2) is 0 Å². The highest BCUT2D eigenvalue weighted by molar-refractivity contribution is 5.00. The molecule has 4 rings (SSSR count). The Morgan fingerprint density at radius 2 is 1.34 bits per heavy atom. The molecule has 0 spiro atoms. The molecule has 11 nitrogen and oxygen atoms in total. The largest absolute Gasteiger partial charge is 0.394 e. The summed E-state index contributed by atoms with van der Waals surface area (Å²) in [6, 6.07) is 0. The fourth-order valence-corrected chi connectivity index (χ4v) is 4.22. The summed E-state index contributed by atoms with van der Waals surface area (Å²) in [7, 11) is 0. The molecule has 4 fully saturated rings. The number of hydrogen-bond acceptors (Lipinski definition) is 11. The summed E-state index contributed by atoms with van der Waals surface area (Å²) in [5.41, 5.74) is 0. The van der Waals surface area contributed by atoms with Gasteiger partial charge in [-0.2, -0.15) is 0 Å². The molecule has 0 aromatic rings. The zero-order valence-corrected chi connectivity index (χ0v) is 16.8. The molecular weight excluding hydrogens is 392 g/mol. The van der Waals surface area contributed by atoms with E-state index in [1.807, 2.05) is 0 Å². The first-order valence-corrected chi connectivity index (χ1v) is 9.80. The van der Waals surface area contributed by atoms with Crippen LogP contribution in [0.3, 0.4) is 0 Å². The van der Waals surface area contributed by atoms with Gasteiger partial charge in [0.1, 0.15) is 48.8 Å². The predicted molar refractivity (Wildman–Crippen MR) is 92.2 cm³/mol. The van der Waals surface area contributed by atoms with Crippen LogP contribution in [0.15, 0.2) is 0 Å². The Kier molecular flexibility index (Phi) is 5.71. The Morgan fingerprint density at radius 1 is 0.724 bits per heavy atom. The average molecular weight is 422 g/mol. The van der Waals surface area contributed by atoms with Crippen LogP contribution in [0.2, 0.25) is 0 Å². The van der Waals surface area contributed by atoms with Gasteiger partial charge in [-0.1, -0.05) is 0 Å². The van der Waals surface area contributed by atoms with Crippen molar-refractivity contribution >= 4 is 0 Å². The van der Waals surface area contributed by atoms with Gasteiger partial charge in [0.25, 0.3) is 0 Å². The topological polar surface area (TPSA) is 146 Å². The highest BCUT2D eigenvalue weighted by Crippen LogP contribution is 2.44. The van der Waals surface area contributed by atoms with Gasteiger partial charge in [0, 0.05) is 0 Å². The molecule has 4 aliphatic rings. The number of aliphatic hydroxyl groups is 4. The van der Waals surface area contributed by atoms with Gasteiger partial charge in [-0.05, 0) is 27.7 Å². The quantitative estimate of drug-likeness (QED) is 0.407. The van der Waals surface area contributed by atoms with Gasteiger partial charge in [0.2, 0.25) is 0 Å². The molecule has 0 unspecified atom stereocenters. The standard InChI is InChI=1S/C18H30O11/c1-17(2)26-12-8(25-16-14(13(12)27-17)28-18(3,4)29-16)6-23-15-11(22)10(21)9(20)7(5-19)24-15/h7-16,19-22H,5-6H2,1-4H3/t7-,8+,9-,10+,11+,12-,13-,14+,15+,16+/m1/s1. The maximum absolute atomic E-state index is 10.2. The molecule has 0 aliphatic carbocycles. The van der Waals surface area contributed by atoms with E-state index in [0.717, 1.165) is 0 Å². The zero-order chi connectivity index (χ0) is 21.1. The first kappa shape index (κ1) is 21.8. The van der Waals surface area contributed by atoms with Gasteiger partial charge in [0.05, 0.1) is 13.2 Å². The maximum Gasteiger partial charge on any atom is 0.190 e. The van der Waals surface area contributed by atoms with Crippen LogP contribution < -0.4 is 0 Å². The fourth-order valence-electron chi connectivity index (χ4n) is 4.22. The van der Waals surface area contributed by atoms with Gasteiger partial charge >= 0.3 is 0 Å². The molecule has 29 heavy (non-hydrogen) atoms. The van der Waals surface area contributed by atoms with E-state index in [-0.39, 0.29) is 6.61 Å². The minimum atomic E-state index is -1.52. The molecule has 4 saturated heterocycles. The first-order chi connectivity index (χ1) is 13.5. The molecular formula is C18H30O11. The van der Waals surface area contributed by atoms with Crippen LogP contribution in [0.5, 0.6) is 0 Å². The molecule has 0 bridgehead atoms. The van der Waals surface area contributed by atoms with Crippen molar-refractivity contribution in [1.82, 2.24) is 0 Å². The van der Waals surface area contributed by atoms with Crippen LogP contribution in [0.1, 0.15) is 27.7 Å². The highest BCUT2D eigenvalue weighted by atomic mass is 16.9. The van der Waals surface area contributed by atoms with Crippen LogP contribution in [-0.4, -0.2) is 107 Å². The number of fused-ring (bicyclic) bond motifs is 3. The van der Waals surface area contributed by atoms with Crippen molar-refractivity contribution in [2.45, 2.75) is 101 Å². The van der Waals surface area contributed by atoms with Gasteiger partial charge in [0.15, 0.2) is 24.2 Å². The highest BCUT2D eigenvalue weighted by Gasteiger charge is 2.61. The van der Waals surface area contributed by atoms with E-state index in [4.69, 9.17) is 33.2 Å². The normalized spacial score (nSPS) is 50.9. The molecule has 168 valence electrons. The van der Waals surface area contributed by atoms with Crippen molar-refractivity contribution in [3.8, 4) is 0 Å². The van der Waals surface area contributed by atoms with Crippen LogP contribution in [0.25, 0.3) is 0 Å². The van der Waals surface area contributed by atoms with E-state index < -0.39 is 79.6 Å². The van der Waals surface area contributed by atoms with E-state index in [1.165, 1.54) is 0 Å². The Balaban J connectivity index is 1.45. The molecule has 0 saturated carbocycles. The average Bonchev–Trinajstić information content (AvgIpc) is 3.13. The van der Waals surface area contributed by atoms with Crippen LogP contribution in [-0.2, 0) is 33.2 Å². The molecule has 0 aromatic heterocycles. The first-order valence-electron chi connectivity index (χ1n) is 9.80. The summed E-state index contributed by atoms with van der Waals surface area (Å²) in [4.78, 5) is 0. The molecule has 10 atom stereocenters. The Labute approximate surface area is 168 Å². The van der Waals surface area contributed by atoms with Crippen molar-refractivity contribution in [3.05, 3.63) is 0 Å². The lowest BCUT2D eigenvalue weighted by Gasteiger charge is -2.41. The fraction of sp³-hybridized carbons (Fsp3) is 1.00. The van der Waals surface area contributed by atoms with Gasteiger partial charge < -0.3 is 53.6 Å². The molecule has 11 heteroatoms. The second-order valence-electron chi connectivity index (χ2n) is 8.74. The summed E-state index contributed by atoms with van der Waals surface area (Å²) in [5, 5.41) is 39.3. The number of rotatable bonds is 4. The Bertz CT molecular complexity index is 596. The van der Waals surface area contributed by atoms with Crippen molar-refractivity contribution in [2.75, 3.05) is 13.2 Å². The van der Waals surface area contributed by atoms with Crippen molar-refractivity contribution in [1.29, 1.82) is 0 Å². The lowest BCUT2D eigenvalue weighted by atomic mass is 9.98. The van der Waals surface area contributed by atoms with Crippen LogP contribution >= 0.6 is 0 Å². The second-order valence-corrected chi connectivity index (χ2v) is 8.74.